The maximum atomic E-state index is 10.9. The molecule has 2 rings (SSSR count). The standard InChI is InChI=1S/C11H11ClN4O3/c1-7-14-11(19-15-7)4-5-13-9-3-2-8(12)6-10(9)16(17)18/h2-3,6,13H,4-5H2,1H3. The summed E-state index contributed by atoms with van der Waals surface area (Å²) in [5, 5.41) is 17.8. The van der Waals surface area contributed by atoms with Crippen LogP contribution < -0.4 is 5.32 Å². The van der Waals surface area contributed by atoms with Crippen molar-refractivity contribution in [1.29, 1.82) is 0 Å². The van der Waals surface area contributed by atoms with Crippen molar-refractivity contribution in [3.63, 3.8) is 0 Å². The molecule has 0 aliphatic rings. The zero-order chi connectivity index (χ0) is 13.8. The maximum Gasteiger partial charge on any atom is 0.293 e. The summed E-state index contributed by atoms with van der Waals surface area (Å²) in [6, 6.07) is 4.47. The highest BCUT2D eigenvalue weighted by molar-refractivity contribution is 6.30. The molecule has 0 unspecified atom stereocenters. The van der Waals surface area contributed by atoms with Gasteiger partial charge >= 0.3 is 0 Å². The monoisotopic (exact) mass is 282 g/mol. The van der Waals surface area contributed by atoms with Gasteiger partial charge in [-0.25, -0.2) is 0 Å². The molecule has 100 valence electrons. The Bertz CT molecular complexity index is 599. The van der Waals surface area contributed by atoms with Crippen LogP contribution >= 0.6 is 11.6 Å². The van der Waals surface area contributed by atoms with E-state index in [1.165, 1.54) is 6.07 Å². The van der Waals surface area contributed by atoms with E-state index in [0.717, 1.165) is 0 Å². The number of nitro benzene ring substituents is 1. The zero-order valence-electron chi connectivity index (χ0n) is 10.1. The molecule has 0 amide bonds. The Morgan fingerprint density at radius 1 is 1.53 bits per heavy atom. The molecule has 0 atom stereocenters. The van der Waals surface area contributed by atoms with E-state index >= 15 is 0 Å². The third-order valence-corrected chi connectivity index (χ3v) is 2.62. The number of rotatable bonds is 5. The highest BCUT2D eigenvalue weighted by Gasteiger charge is 2.14. The molecule has 1 aromatic heterocycles. The fourth-order valence-corrected chi connectivity index (χ4v) is 1.72. The van der Waals surface area contributed by atoms with Gasteiger partial charge in [-0.2, -0.15) is 4.98 Å². The second kappa shape index (κ2) is 5.66. The number of halogens is 1. The molecular weight excluding hydrogens is 272 g/mol. The number of benzene rings is 1. The summed E-state index contributed by atoms with van der Waals surface area (Å²) in [6.45, 7) is 2.18. The molecule has 0 bridgehead atoms. The van der Waals surface area contributed by atoms with Crippen molar-refractivity contribution in [2.75, 3.05) is 11.9 Å². The SMILES string of the molecule is Cc1noc(CCNc2ccc(Cl)cc2[N+](=O)[O-])n1. The molecule has 0 aliphatic heterocycles. The molecular formula is C11H11ClN4O3. The number of aryl methyl sites for hydroxylation is 1. The van der Waals surface area contributed by atoms with Crippen molar-refractivity contribution in [3.05, 3.63) is 45.1 Å². The Hall–Kier alpha value is -2.15. The summed E-state index contributed by atoms with van der Waals surface area (Å²) in [4.78, 5) is 14.4. The van der Waals surface area contributed by atoms with Crippen molar-refractivity contribution >= 4 is 23.0 Å². The van der Waals surface area contributed by atoms with Gasteiger partial charge in [-0.1, -0.05) is 16.8 Å². The highest BCUT2D eigenvalue weighted by atomic mass is 35.5. The van der Waals surface area contributed by atoms with Crippen LogP contribution in [0.2, 0.25) is 5.02 Å². The van der Waals surface area contributed by atoms with Crippen molar-refractivity contribution in [2.45, 2.75) is 13.3 Å². The molecule has 1 aromatic carbocycles. The Morgan fingerprint density at radius 2 is 2.32 bits per heavy atom. The van der Waals surface area contributed by atoms with Gasteiger partial charge in [-0.15, -0.1) is 0 Å². The van der Waals surface area contributed by atoms with Gasteiger partial charge in [0.05, 0.1) is 4.92 Å². The van der Waals surface area contributed by atoms with E-state index in [2.05, 4.69) is 15.5 Å². The number of anilines is 1. The minimum absolute atomic E-state index is 0.0609. The van der Waals surface area contributed by atoms with E-state index in [1.807, 2.05) is 0 Å². The smallest absolute Gasteiger partial charge is 0.293 e. The third kappa shape index (κ3) is 3.41. The van der Waals surface area contributed by atoms with Gasteiger partial charge in [-0.05, 0) is 19.1 Å². The summed E-state index contributed by atoms with van der Waals surface area (Å²) in [5.41, 5.74) is 0.347. The second-order valence-corrected chi connectivity index (χ2v) is 4.27. The Kier molecular flexibility index (Phi) is 3.96. The molecule has 0 radical (unpaired) electrons. The van der Waals surface area contributed by atoms with Gasteiger partial charge in [0, 0.05) is 24.1 Å². The fourth-order valence-electron chi connectivity index (χ4n) is 1.55. The van der Waals surface area contributed by atoms with Crippen LogP contribution in [0.15, 0.2) is 22.7 Å². The van der Waals surface area contributed by atoms with E-state index in [9.17, 15) is 10.1 Å². The highest BCUT2D eigenvalue weighted by Crippen LogP contribution is 2.27. The molecule has 2 aromatic rings. The van der Waals surface area contributed by atoms with E-state index in [-0.39, 0.29) is 5.69 Å². The van der Waals surface area contributed by atoms with Crippen LogP contribution in [0.4, 0.5) is 11.4 Å². The van der Waals surface area contributed by atoms with Gasteiger partial charge < -0.3 is 9.84 Å². The Balaban J connectivity index is 2.01. The Morgan fingerprint density at radius 3 is 2.95 bits per heavy atom. The third-order valence-electron chi connectivity index (χ3n) is 2.38. The predicted octanol–water partition coefficient (Wildman–Crippen LogP) is 2.59. The van der Waals surface area contributed by atoms with Crippen molar-refractivity contribution in [2.24, 2.45) is 0 Å². The van der Waals surface area contributed by atoms with Crippen LogP contribution in [0, 0.1) is 17.0 Å². The number of hydrogen-bond donors (Lipinski definition) is 1. The zero-order valence-corrected chi connectivity index (χ0v) is 10.8. The van der Waals surface area contributed by atoms with Crippen LogP contribution in [0.25, 0.3) is 0 Å². The maximum absolute atomic E-state index is 10.9. The van der Waals surface area contributed by atoms with Crippen LogP contribution in [-0.4, -0.2) is 21.6 Å². The van der Waals surface area contributed by atoms with Crippen LogP contribution in [-0.2, 0) is 6.42 Å². The normalized spacial score (nSPS) is 10.4. The quantitative estimate of drug-likeness (QED) is 0.669. The molecule has 0 saturated carbocycles. The molecule has 0 saturated heterocycles. The van der Waals surface area contributed by atoms with E-state index < -0.39 is 4.92 Å². The van der Waals surface area contributed by atoms with Gasteiger partial charge in [0.1, 0.15) is 5.69 Å². The minimum Gasteiger partial charge on any atom is -0.379 e. The number of nitrogens with zero attached hydrogens (tertiary/aromatic N) is 3. The first-order chi connectivity index (χ1) is 9.06. The number of nitro groups is 1. The topological polar surface area (TPSA) is 94.1 Å². The van der Waals surface area contributed by atoms with Crippen LogP contribution in [0.3, 0.4) is 0 Å². The molecule has 0 spiro atoms. The number of hydrogen-bond acceptors (Lipinski definition) is 6. The molecule has 7 nitrogen and oxygen atoms in total. The summed E-state index contributed by atoms with van der Waals surface area (Å²) in [7, 11) is 0. The first-order valence-corrected chi connectivity index (χ1v) is 5.91. The largest absolute Gasteiger partial charge is 0.379 e. The van der Waals surface area contributed by atoms with E-state index in [0.29, 0.717) is 35.4 Å². The van der Waals surface area contributed by atoms with E-state index in [4.69, 9.17) is 16.1 Å². The first kappa shape index (κ1) is 13.3. The number of aromatic nitrogens is 2. The molecule has 1 N–H and O–H groups in total. The lowest BCUT2D eigenvalue weighted by Gasteiger charge is -2.05. The van der Waals surface area contributed by atoms with E-state index in [1.54, 1.807) is 19.1 Å². The predicted molar refractivity (Wildman–Crippen MR) is 69.3 cm³/mol. The van der Waals surface area contributed by atoms with Crippen molar-refractivity contribution in [1.82, 2.24) is 10.1 Å². The Labute approximate surface area is 113 Å². The second-order valence-electron chi connectivity index (χ2n) is 3.83. The summed E-state index contributed by atoms with van der Waals surface area (Å²) in [5.74, 6) is 1.05. The molecule has 0 aliphatic carbocycles. The average Bonchev–Trinajstić information content (AvgIpc) is 2.77. The lowest BCUT2D eigenvalue weighted by molar-refractivity contribution is -0.383. The molecule has 19 heavy (non-hydrogen) atoms. The van der Waals surface area contributed by atoms with Crippen LogP contribution in [0.1, 0.15) is 11.7 Å². The summed E-state index contributed by atoms with van der Waals surface area (Å²) < 4.78 is 4.94. The van der Waals surface area contributed by atoms with Gasteiger partial charge in [0.2, 0.25) is 5.89 Å². The lowest BCUT2D eigenvalue weighted by Crippen LogP contribution is -2.07. The minimum atomic E-state index is -0.481. The lowest BCUT2D eigenvalue weighted by atomic mass is 10.2. The van der Waals surface area contributed by atoms with Crippen molar-refractivity contribution in [3.8, 4) is 0 Å². The van der Waals surface area contributed by atoms with Gasteiger partial charge in [0.15, 0.2) is 5.82 Å². The molecule has 0 fully saturated rings. The first-order valence-electron chi connectivity index (χ1n) is 5.53. The van der Waals surface area contributed by atoms with Gasteiger partial charge in [-0.3, -0.25) is 10.1 Å². The molecule has 8 heteroatoms. The summed E-state index contributed by atoms with van der Waals surface area (Å²) >= 11 is 5.73. The fraction of sp³-hybridized carbons (Fsp3) is 0.273. The van der Waals surface area contributed by atoms with Crippen LogP contribution in [0.5, 0.6) is 0 Å². The summed E-state index contributed by atoms with van der Waals surface area (Å²) in [6.07, 6.45) is 0.487. The van der Waals surface area contributed by atoms with Gasteiger partial charge in [0.25, 0.3) is 5.69 Å². The molecule has 1 heterocycles. The number of nitrogens with one attached hydrogen (secondary N) is 1. The average molecular weight is 283 g/mol. The van der Waals surface area contributed by atoms with Crippen molar-refractivity contribution < 1.29 is 9.45 Å².